The lowest BCUT2D eigenvalue weighted by molar-refractivity contribution is -0.138. The van der Waals surface area contributed by atoms with Crippen LogP contribution < -0.4 is 16.0 Å². The van der Waals surface area contributed by atoms with Crippen molar-refractivity contribution in [3.8, 4) is 0 Å². The molecular weight excluding hydrogens is 588 g/mol. The van der Waals surface area contributed by atoms with Crippen LogP contribution in [0.1, 0.15) is 35.5 Å². The van der Waals surface area contributed by atoms with Gasteiger partial charge in [0.25, 0.3) is 0 Å². The number of rotatable bonds is 8. The molecule has 0 saturated heterocycles. The number of benzene rings is 2. The Kier molecular flexibility index (Phi) is 8.85. The van der Waals surface area contributed by atoms with Crippen molar-refractivity contribution in [2.24, 2.45) is 10.9 Å². The maximum absolute atomic E-state index is 15.1. The van der Waals surface area contributed by atoms with E-state index in [0.29, 0.717) is 17.8 Å². The number of anilines is 4. The van der Waals surface area contributed by atoms with Crippen molar-refractivity contribution in [3.63, 3.8) is 0 Å². The molecule has 1 atom stereocenters. The third-order valence-corrected chi connectivity index (χ3v) is 6.19. The summed E-state index contributed by atoms with van der Waals surface area (Å²) < 4.78 is 111. The molecule has 0 aliphatic carbocycles. The second-order valence-corrected chi connectivity index (χ2v) is 9.21. The van der Waals surface area contributed by atoms with Gasteiger partial charge in [-0.2, -0.15) is 26.3 Å². The summed E-state index contributed by atoms with van der Waals surface area (Å²) >= 11 is 0. The number of nitrogens with one attached hydrogen (secondary N) is 1. The molecule has 0 aliphatic rings. The first-order valence-electron chi connectivity index (χ1n) is 12.4. The number of nitrogens with two attached hydrogens (primary N) is 1. The van der Waals surface area contributed by atoms with Crippen LogP contribution in [0.4, 0.5) is 57.9 Å². The summed E-state index contributed by atoms with van der Waals surface area (Å²) in [5, 5.41) is 15.2. The lowest BCUT2D eigenvalue weighted by Gasteiger charge is -2.28. The van der Waals surface area contributed by atoms with E-state index in [-0.39, 0.29) is 22.8 Å². The number of hydrogen-bond donors (Lipinski definition) is 3. The number of aromatic nitrogens is 2. The number of hydrogen-bond acceptors (Lipinski definition) is 7. The lowest BCUT2D eigenvalue weighted by atomic mass is 10.1. The van der Waals surface area contributed by atoms with E-state index in [4.69, 9.17) is 5.73 Å². The molecule has 226 valence electrons. The number of pyridine rings is 2. The summed E-state index contributed by atoms with van der Waals surface area (Å²) in [4.78, 5) is 9.02. The number of para-hydroxylation sites is 2. The Balaban J connectivity index is 1.72. The second-order valence-electron chi connectivity index (χ2n) is 9.21. The Morgan fingerprint density at radius 3 is 2.07 bits per heavy atom. The predicted octanol–water partition coefficient (Wildman–Crippen LogP) is 7.57. The summed E-state index contributed by atoms with van der Waals surface area (Å²) in [6, 6.07) is 9.48. The first-order chi connectivity index (χ1) is 20.2. The highest BCUT2D eigenvalue weighted by atomic mass is 19.4. The van der Waals surface area contributed by atoms with Crippen LogP contribution in [0.3, 0.4) is 0 Å². The summed E-state index contributed by atoms with van der Waals surface area (Å²) in [5.41, 5.74) is 1.30. The van der Waals surface area contributed by atoms with Crippen LogP contribution in [-0.2, 0) is 12.4 Å². The van der Waals surface area contributed by atoms with E-state index in [9.17, 15) is 35.9 Å². The number of nitrogens with zero attached hydrogens (tertiary/aromatic N) is 4. The minimum Gasteiger partial charge on any atom is -0.411 e. The molecule has 0 radical (unpaired) electrons. The van der Waals surface area contributed by atoms with Gasteiger partial charge in [0.1, 0.15) is 17.3 Å². The molecule has 2 heterocycles. The zero-order valence-corrected chi connectivity index (χ0v) is 22.0. The van der Waals surface area contributed by atoms with Gasteiger partial charge in [0.2, 0.25) is 0 Å². The molecule has 15 heteroatoms. The van der Waals surface area contributed by atoms with Crippen LogP contribution in [0.15, 0.2) is 78.2 Å². The average Bonchev–Trinajstić information content (AvgIpc) is 2.94. The molecule has 0 spiro atoms. The highest BCUT2D eigenvalue weighted by Gasteiger charge is 2.37. The van der Waals surface area contributed by atoms with E-state index in [1.807, 2.05) is 0 Å². The van der Waals surface area contributed by atoms with E-state index in [0.717, 1.165) is 35.4 Å². The Bertz CT molecular complexity index is 1600. The summed E-state index contributed by atoms with van der Waals surface area (Å²) in [6.45, 7) is 0.972. The van der Waals surface area contributed by atoms with Gasteiger partial charge >= 0.3 is 12.4 Å². The van der Waals surface area contributed by atoms with Crippen LogP contribution in [0.2, 0.25) is 0 Å². The number of oxime groups is 1. The molecule has 0 saturated carbocycles. The van der Waals surface area contributed by atoms with Crippen molar-refractivity contribution >= 4 is 28.5 Å². The molecule has 4 rings (SSSR count). The van der Waals surface area contributed by atoms with Gasteiger partial charge in [0.15, 0.2) is 0 Å². The summed E-state index contributed by atoms with van der Waals surface area (Å²) in [5.74, 6) is -2.41. The molecule has 0 fully saturated rings. The van der Waals surface area contributed by atoms with Gasteiger partial charge in [0, 0.05) is 6.04 Å². The van der Waals surface area contributed by atoms with E-state index >= 15 is 4.39 Å². The predicted molar refractivity (Wildman–Crippen MR) is 142 cm³/mol. The first kappa shape index (κ1) is 31.2. The average molecular weight is 611 g/mol. The lowest BCUT2D eigenvalue weighted by Crippen LogP contribution is -2.30. The SMILES string of the molecule is CC(N)c1ccc(N(CC(=NO)c2ccc(Nc3c(F)cccc3C(F)(F)F)cn2)c2c(F)cccc2C(F)(F)F)cn1. The van der Waals surface area contributed by atoms with Crippen LogP contribution in [0, 0.1) is 11.6 Å². The summed E-state index contributed by atoms with van der Waals surface area (Å²) in [6.07, 6.45) is -7.66. The van der Waals surface area contributed by atoms with Crippen molar-refractivity contribution in [3.05, 3.63) is 107 Å². The van der Waals surface area contributed by atoms with Gasteiger partial charge in [-0.15, -0.1) is 0 Å². The van der Waals surface area contributed by atoms with Gasteiger partial charge in [-0.3, -0.25) is 9.97 Å². The van der Waals surface area contributed by atoms with Crippen molar-refractivity contribution in [2.75, 3.05) is 16.8 Å². The Hall–Kier alpha value is -4.79. The molecule has 7 nitrogen and oxygen atoms in total. The number of halogens is 8. The molecule has 0 amide bonds. The van der Waals surface area contributed by atoms with Gasteiger partial charge in [-0.25, -0.2) is 8.78 Å². The number of alkyl halides is 6. The van der Waals surface area contributed by atoms with Crippen LogP contribution in [0.25, 0.3) is 0 Å². The molecule has 2 aromatic heterocycles. The fourth-order valence-electron chi connectivity index (χ4n) is 4.13. The van der Waals surface area contributed by atoms with Gasteiger partial charge in [-0.1, -0.05) is 17.3 Å². The van der Waals surface area contributed by atoms with Crippen LogP contribution in [-0.4, -0.2) is 27.4 Å². The zero-order chi connectivity index (χ0) is 31.5. The fraction of sp³-hybridized carbons (Fsp3) is 0.179. The van der Waals surface area contributed by atoms with Crippen LogP contribution in [0.5, 0.6) is 0 Å². The topological polar surface area (TPSA) is 99.7 Å². The quantitative estimate of drug-likeness (QED) is 0.0824. The van der Waals surface area contributed by atoms with E-state index in [2.05, 4.69) is 20.4 Å². The van der Waals surface area contributed by atoms with Gasteiger partial charge in [-0.05, 0) is 55.5 Å². The third-order valence-electron chi connectivity index (χ3n) is 6.19. The van der Waals surface area contributed by atoms with E-state index < -0.39 is 59.1 Å². The maximum atomic E-state index is 15.1. The first-order valence-corrected chi connectivity index (χ1v) is 12.4. The molecule has 1 unspecified atom stereocenters. The summed E-state index contributed by atoms with van der Waals surface area (Å²) in [7, 11) is 0. The standard InChI is InChI=1S/C28H22F8N6O/c1-15(37)22-11-9-17(13-39-22)42(26-19(28(34,35)36)5-3-7-21(26)30)14-24(41-43)23-10-8-16(12-38-23)40-25-18(27(31,32)33)4-2-6-20(25)29/h2-13,15,40,43H,14,37H2,1H3. The van der Waals surface area contributed by atoms with Crippen LogP contribution >= 0.6 is 0 Å². The highest BCUT2D eigenvalue weighted by molar-refractivity contribution is 6.03. The molecule has 0 bridgehead atoms. The minimum atomic E-state index is -4.97. The normalized spacial score (nSPS) is 13.1. The highest BCUT2D eigenvalue weighted by Crippen LogP contribution is 2.41. The monoisotopic (exact) mass is 610 g/mol. The molecule has 2 aromatic carbocycles. The molecule has 0 aliphatic heterocycles. The third kappa shape index (κ3) is 6.99. The van der Waals surface area contributed by atoms with Crippen molar-refractivity contribution < 1.29 is 40.3 Å². The van der Waals surface area contributed by atoms with Gasteiger partial charge < -0.3 is 21.2 Å². The van der Waals surface area contributed by atoms with E-state index in [1.54, 1.807) is 6.92 Å². The Morgan fingerprint density at radius 1 is 0.884 bits per heavy atom. The Morgan fingerprint density at radius 2 is 1.53 bits per heavy atom. The molecule has 4 N–H and O–H groups in total. The van der Waals surface area contributed by atoms with E-state index in [1.165, 1.54) is 30.5 Å². The smallest absolute Gasteiger partial charge is 0.411 e. The zero-order valence-electron chi connectivity index (χ0n) is 22.0. The Labute approximate surface area is 239 Å². The van der Waals surface area contributed by atoms with Crippen molar-refractivity contribution in [2.45, 2.75) is 25.3 Å². The molecule has 43 heavy (non-hydrogen) atoms. The van der Waals surface area contributed by atoms with Crippen molar-refractivity contribution in [1.82, 2.24) is 9.97 Å². The van der Waals surface area contributed by atoms with Gasteiger partial charge in [0.05, 0.1) is 64.2 Å². The fourth-order valence-corrected chi connectivity index (χ4v) is 4.13. The minimum absolute atomic E-state index is 0.0151. The molecular formula is C28H22F8N6O. The van der Waals surface area contributed by atoms with Crippen molar-refractivity contribution in [1.29, 1.82) is 0 Å². The maximum Gasteiger partial charge on any atom is 0.418 e. The molecule has 4 aromatic rings. The largest absolute Gasteiger partial charge is 0.418 e. The second kappa shape index (κ2) is 12.2.